The van der Waals surface area contributed by atoms with Crippen LogP contribution < -0.4 is 4.90 Å². The number of rotatable bonds is 3. The first-order valence-corrected chi connectivity index (χ1v) is 6.22. The van der Waals surface area contributed by atoms with Gasteiger partial charge >= 0.3 is 0 Å². The number of aromatic nitrogens is 1. The van der Waals surface area contributed by atoms with Crippen LogP contribution in [0.3, 0.4) is 0 Å². The summed E-state index contributed by atoms with van der Waals surface area (Å²) in [5, 5.41) is 10.9. The molecule has 1 atom stereocenters. The van der Waals surface area contributed by atoms with Gasteiger partial charge in [0.05, 0.1) is 6.04 Å². The number of hydrogen-bond donors (Lipinski definition) is 0. The van der Waals surface area contributed by atoms with Crippen LogP contribution in [0.4, 0.5) is 5.69 Å². The minimum atomic E-state index is 0.295. The zero-order valence-corrected chi connectivity index (χ0v) is 10.6. The minimum Gasteiger partial charge on any atom is -0.367 e. The Morgan fingerprint density at radius 3 is 2.94 bits per heavy atom. The normalized spacial score (nSPS) is 11.8. The van der Waals surface area contributed by atoms with Gasteiger partial charge in [0.15, 0.2) is 0 Å². The first-order valence-electron chi connectivity index (χ1n) is 5.34. The van der Waals surface area contributed by atoms with Crippen molar-refractivity contribution in [2.45, 2.75) is 13.0 Å². The molecule has 2 heterocycles. The lowest BCUT2D eigenvalue weighted by molar-refractivity contribution is 0.753. The van der Waals surface area contributed by atoms with Gasteiger partial charge in [-0.05, 0) is 30.5 Å². The van der Waals surface area contributed by atoms with Gasteiger partial charge < -0.3 is 4.90 Å². The lowest BCUT2D eigenvalue weighted by Gasteiger charge is -2.26. The Bertz CT molecular complexity index is 528. The fourth-order valence-electron chi connectivity index (χ4n) is 1.64. The number of nitriles is 1. The molecule has 0 aliphatic rings. The SMILES string of the molecule is CC(c1cccs1)N(C)c1ccnc(C#N)c1. The molecule has 0 spiro atoms. The molecular weight excluding hydrogens is 230 g/mol. The Balaban J connectivity index is 2.25. The smallest absolute Gasteiger partial charge is 0.142 e. The van der Waals surface area contributed by atoms with E-state index in [9.17, 15) is 0 Å². The van der Waals surface area contributed by atoms with Gasteiger partial charge in [-0.2, -0.15) is 5.26 Å². The monoisotopic (exact) mass is 243 g/mol. The molecule has 0 aliphatic carbocycles. The van der Waals surface area contributed by atoms with E-state index in [1.165, 1.54) is 4.88 Å². The van der Waals surface area contributed by atoms with Crippen LogP contribution in [-0.2, 0) is 0 Å². The molecule has 0 aliphatic heterocycles. The van der Waals surface area contributed by atoms with Crippen LogP contribution in [0, 0.1) is 11.3 Å². The van der Waals surface area contributed by atoms with Crippen molar-refractivity contribution in [3.63, 3.8) is 0 Å². The van der Waals surface area contributed by atoms with E-state index in [1.807, 2.05) is 19.2 Å². The predicted octanol–water partition coefficient (Wildman–Crippen LogP) is 3.21. The van der Waals surface area contributed by atoms with Crippen molar-refractivity contribution in [1.29, 1.82) is 5.26 Å². The van der Waals surface area contributed by atoms with Crippen LogP contribution in [0.1, 0.15) is 23.5 Å². The van der Waals surface area contributed by atoms with Crippen molar-refractivity contribution in [3.05, 3.63) is 46.4 Å². The second-order valence-electron chi connectivity index (χ2n) is 3.81. The minimum absolute atomic E-state index is 0.295. The number of nitrogens with zero attached hydrogens (tertiary/aromatic N) is 3. The van der Waals surface area contributed by atoms with Crippen molar-refractivity contribution in [2.24, 2.45) is 0 Å². The Morgan fingerprint density at radius 2 is 2.29 bits per heavy atom. The van der Waals surface area contributed by atoms with Gasteiger partial charge in [-0.25, -0.2) is 4.98 Å². The number of pyridine rings is 1. The molecular formula is C13H13N3S. The first kappa shape index (κ1) is 11.6. The molecule has 0 fully saturated rings. The molecule has 1 unspecified atom stereocenters. The van der Waals surface area contributed by atoms with E-state index in [2.05, 4.69) is 40.4 Å². The third-order valence-electron chi connectivity index (χ3n) is 2.80. The lowest BCUT2D eigenvalue weighted by Crippen LogP contribution is -2.20. The van der Waals surface area contributed by atoms with Gasteiger partial charge in [0.25, 0.3) is 0 Å². The van der Waals surface area contributed by atoms with Crippen molar-refractivity contribution in [1.82, 2.24) is 4.98 Å². The number of anilines is 1. The summed E-state index contributed by atoms with van der Waals surface area (Å²) < 4.78 is 0. The summed E-state index contributed by atoms with van der Waals surface area (Å²) in [6.07, 6.45) is 1.67. The molecule has 2 aromatic heterocycles. The molecule has 0 N–H and O–H groups in total. The fraction of sp³-hybridized carbons (Fsp3) is 0.231. The van der Waals surface area contributed by atoms with E-state index in [0.29, 0.717) is 11.7 Å². The van der Waals surface area contributed by atoms with E-state index in [0.717, 1.165) is 5.69 Å². The van der Waals surface area contributed by atoms with Crippen molar-refractivity contribution in [2.75, 3.05) is 11.9 Å². The number of hydrogen-bond acceptors (Lipinski definition) is 4. The van der Waals surface area contributed by atoms with Crippen LogP contribution in [0.5, 0.6) is 0 Å². The fourth-order valence-corrected chi connectivity index (χ4v) is 2.47. The summed E-state index contributed by atoms with van der Waals surface area (Å²) in [7, 11) is 2.03. The third kappa shape index (κ3) is 2.45. The first-order chi connectivity index (χ1) is 8.22. The van der Waals surface area contributed by atoms with E-state index < -0.39 is 0 Å². The second kappa shape index (κ2) is 4.98. The molecule has 0 amide bonds. The zero-order valence-electron chi connectivity index (χ0n) is 9.79. The molecule has 0 radical (unpaired) electrons. The topological polar surface area (TPSA) is 39.9 Å². The standard InChI is InChI=1S/C13H13N3S/c1-10(13-4-3-7-17-13)16(2)12-5-6-15-11(8-12)9-14/h3-8,10H,1-2H3. The summed E-state index contributed by atoms with van der Waals surface area (Å²) in [6, 6.07) is 10.3. The molecule has 2 rings (SSSR count). The summed E-state index contributed by atoms with van der Waals surface area (Å²) >= 11 is 1.74. The molecule has 4 heteroatoms. The van der Waals surface area contributed by atoms with Gasteiger partial charge in [-0.3, -0.25) is 0 Å². The predicted molar refractivity (Wildman–Crippen MR) is 70.1 cm³/mol. The van der Waals surface area contributed by atoms with Gasteiger partial charge in [0.1, 0.15) is 11.8 Å². The van der Waals surface area contributed by atoms with Crippen molar-refractivity contribution < 1.29 is 0 Å². The molecule has 0 saturated heterocycles. The molecule has 2 aromatic rings. The van der Waals surface area contributed by atoms with Gasteiger partial charge in [-0.15, -0.1) is 11.3 Å². The van der Waals surface area contributed by atoms with Gasteiger partial charge in [-0.1, -0.05) is 6.07 Å². The Hall–Kier alpha value is -1.86. The highest BCUT2D eigenvalue weighted by Gasteiger charge is 2.13. The van der Waals surface area contributed by atoms with Crippen molar-refractivity contribution >= 4 is 17.0 Å². The van der Waals surface area contributed by atoms with Gasteiger partial charge in [0.2, 0.25) is 0 Å². The van der Waals surface area contributed by atoms with E-state index in [1.54, 1.807) is 17.5 Å². The summed E-state index contributed by atoms with van der Waals surface area (Å²) in [6.45, 7) is 2.15. The van der Waals surface area contributed by atoms with Crippen LogP contribution in [0.25, 0.3) is 0 Å². The Morgan fingerprint density at radius 1 is 1.47 bits per heavy atom. The highest BCUT2D eigenvalue weighted by Crippen LogP contribution is 2.27. The van der Waals surface area contributed by atoms with Crippen molar-refractivity contribution in [3.8, 4) is 6.07 Å². The van der Waals surface area contributed by atoms with Gasteiger partial charge in [0, 0.05) is 23.8 Å². The molecule has 0 bridgehead atoms. The van der Waals surface area contributed by atoms with E-state index >= 15 is 0 Å². The average Bonchev–Trinajstić information content (AvgIpc) is 2.91. The Kier molecular flexibility index (Phi) is 3.40. The lowest BCUT2D eigenvalue weighted by atomic mass is 10.2. The maximum atomic E-state index is 8.84. The van der Waals surface area contributed by atoms with E-state index in [-0.39, 0.29) is 0 Å². The number of thiophene rings is 1. The zero-order chi connectivity index (χ0) is 12.3. The average molecular weight is 243 g/mol. The molecule has 0 aromatic carbocycles. The van der Waals surface area contributed by atoms with E-state index in [4.69, 9.17) is 5.26 Å². The summed E-state index contributed by atoms with van der Waals surface area (Å²) in [4.78, 5) is 7.43. The van der Waals surface area contributed by atoms with Crippen LogP contribution in [-0.4, -0.2) is 12.0 Å². The largest absolute Gasteiger partial charge is 0.367 e. The molecule has 86 valence electrons. The van der Waals surface area contributed by atoms with Crippen LogP contribution >= 0.6 is 11.3 Å². The van der Waals surface area contributed by atoms with Crippen LogP contribution in [0.2, 0.25) is 0 Å². The second-order valence-corrected chi connectivity index (χ2v) is 4.79. The maximum absolute atomic E-state index is 8.84. The summed E-state index contributed by atoms with van der Waals surface area (Å²) in [5.74, 6) is 0. The molecule has 0 saturated carbocycles. The summed E-state index contributed by atoms with van der Waals surface area (Å²) in [5.41, 5.74) is 1.46. The van der Waals surface area contributed by atoms with Crippen LogP contribution in [0.15, 0.2) is 35.8 Å². The highest BCUT2D eigenvalue weighted by molar-refractivity contribution is 7.10. The third-order valence-corrected chi connectivity index (χ3v) is 3.84. The highest BCUT2D eigenvalue weighted by atomic mass is 32.1. The Labute approximate surface area is 105 Å². The maximum Gasteiger partial charge on any atom is 0.142 e. The quantitative estimate of drug-likeness (QED) is 0.831. The molecule has 17 heavy (non-hydrogen) atoms. The molecule has 3 nitrogen and oxygen atoms in total.